The number of aromatic nitrogens is 3. The molecule has 196 valence electrons. The van der Waals surface area contributed by atoms with Crippen molar-refractivity contribution < 1.29 is 24.4 Å². The molecule has 0 amide bonds. The Hall–Kier alpha value is -3.77. The minimum atomic E-state index is -1.28. The van der Waals surface area contributed by atoms with Crippen molar-refractivity contribution in [2.75, 3.05) is 17.2 Å². The number of pyridine rings is 1. The van der Waals surface area contributed by atoms with Crippen LogP contribution in [0.5, 0.6) is 0 Å². The van der Waals surface area contributed by atoms with Crippen LogP contribution >= 0.6 is 0 Å². The fraction of sp³-hybridized carbons (Fsp3) is 0.296. The first kappa shape index (κ1) is 25.9. The van der Waals surface area contributed by atoms with Gasteiger partial charge in [0.1, 0.15) is 11.4 Å². The van der Waals surface area contributed by atoms with Crippen molar-refractivity contribution in [1.29, 1.82) is 0 Å². The number of anilines is 3. The van der Waals surface area contributed by atoms with Crippen LogP contribution in [0.25, 0.3) is 11.5 Å². The van der Waals surface area contributed by atoms with Gasteiger partial charge in [0.25, 0.3) is 5.89 Å². The maximum atomic E-state index is 10.3. The minimum Gasteiger partial charge on any atom is -0.423 e. The Labute approximate surface area is 220 Å². The predicted molar refractivity (Wildman–Crippen MR) is 144 cm³/mol. The molecule has 11 heteroatoms. The third-order valence-electron chi connectivity index (χ3n) is 6.47. The summed E-state index contributed by atoms with van der Waals surface area (Å²) in [5, 5.41) is 41.3. The first-order valence-corrected chi connectivity index (χ1v) is 12.3. The molecule has 3 heterocycles. The van der Waals surface area contributed by atoms with Gasteiger partial charge in [-0.25, -0.2) is 4.98 Å². The molecule has 1 aliphatic heterocycles. The Bertz CT molecular complexity index is 1440. The quantitative estimate of drug-likeness (QED) is 0.222. The lowest BCUT2D eigenvalue weighted by atomic mass is 9.78. The molecule has 0 saturated carbocycles. The van der Waals surface area contributed by atoms with Crippen LogP contribution in [-0.2, 0) is 15.9 Å². The third-order valence-corrected chi connectivity index (χ3v) is 6.47. The fourth-order valence-electron chi connectivity index (χ4n) is 4.43. The smallest absolute Gasteiger partial charge is 0.423 e. The minimum absolute atomic E-state index is 0.146. The van der Waals surface area contributed by atoms with Crippen molar-refractivity contribution in [3.63, 3.8) is 0 Å². The van der Waals surface area contributed by atoms with E-state index in [1.54, 1.807) is 26.1 Å². The van der Waals surface area contributed by atoms with E-state index in [4.69, 9.17) is 9.18 Å². The fourth-order valence-corrected chi connectivity index (χ4v) is 4.43. The summed E-state index contributed by atoms with van der Waals surface area (Å²) in [6.45, 7) is 6.81. The van der Waals surface area contributed by atoms with Gasteiger partial charge in [-0.2, -0.15) is 4.98 Å². The molecule has 1 atom stereocenters. The largest absolute Gasteiger partial charge is 0.492 e. The molecule has 38 heavy (non-hydrogen) atoms. The Morgan fingerprint density at radius 1 is 1.11 bits per heavy atom. The van der Waals surface area contributed by atoms with Crippen LogP contribution < -0.4 is 16.1 Å². The van der Waals surface area contributed by atoms with Crippen molar-refractivity contribution >= 4 is 29.8 Å². The van der Waals surface area contributed by atoms with Crippen LogP contribution in [-0.4, -0.2) is 44.1 Å². The monoisotopic (exact) mass is 515 g/mol. The van der Waals surface area contributed by atoms with Crippen molar-refractivity contribution in [3.05, 3.63) is 77.7 Å². The molecule has 4 aromatic rings. The first-order valence-electron chi connectivity index (χ1n) is 12.3. The number of hydrogen-bond acceptors (Lipinski definition) is 10. The zero-order valence-electron chi connectivity index (χ0n) is 21.6. The average Bonchev–Trinajstić information content (AvgIpc) is 3.46. The highest BCUT2D eigenvalue weighted by atomic mass is 16.5. The van der Waals surface area contributed by atoms with Crippen LogP contribution in [0.1, 0.15) is 50.7 Å². The van der Waals surface area contributed by atoms with E-state index in [0.29, 0.717) is 17.1 Å². The molecule has 2 aromatic heterocycles. The standard InChI is InChI=1S/C27H30BN5O5/c1-26(2,35)25-32-24(37-33-25)18-14-29-23(13-21(18)31-22(15-34)16-8-6-5-7-9-16)30-17-10-11-20-19(12-17)27(3,4)38-28(20)36/h5-14,22,34-36H,15H2,1-4H3,(H2,29,30,31)/t22-/m1/s1. The molecule has 0 radical (unpaired) electrons. The van der Waals surface area contributed by atoms with E-state index in [-0.39, 0.29) is 18.3 Å². The number of nitrogens with one attached hydrogen (secondary N) is 2. The Kier molecular flexibility index (Phi) is 6.70. The van der Waals surface area contributed by atoms with Crippen LogP contribution in [0, 0.1) is 0 Å². The van der Waals surface area contributed by atoms with Gasteiger partial charge >= 0.3 is 7.12 Å². The Morgan fingerprint density at radius 2 is 1.87 bits per heavy atom. The summed E-state index contributed by atoms with van der Waals surface area (Å²) in [6, 6.07) is 16.6. The van der Waals surface area contributed by atoms with E-state index in [2.05, 4.69) is 25.8 Å². The lowest BCUT2D eigenvalue weighted by Gasteiger charge is -2.21. The number of rotatable bonds is 8. The van der Waals surface area contributed by atoms with Crippen LogP contribution in [0.4, 0.5) is 17.2 Å². The van der Waals surface area contributed by atoms with Gasteiger partial charge in [0.15, 0.2) is 0 Å². The van der Waals surface area contributed by atoms with Crippen molar-refractivity contribution in [3.8, 4) is 11.5 Å². The third kappa shape index (κ3) is 5.14. The normalized spacial score (nSPS) is 15.3. The van der Waals surface area contributed by atoms with Gasteiger partial charge in [-0.05, 0) is 56.4 Å². The zero-order chi connectivity index (χ0) is 27.1. The lowest BCUT2D eigenvalue weighted by Crippen LogP contribution is -2.28. The summed E-state index contributed by atoms with van der Waals surface area (Å²) in [7, 11) is -0.959. The number of fused-ring (bicyclic) bond motifs is 1. The first-order chi connectivity index (χ1) is 18.0. The number of aliphatic hydroxyl groups excluding tert-OH is 1. The number of hydrogen-bond donors (Lipinski definition) is 5. The van der Waals surface area contributed by atoms with Gasteiger partial charge in [-0.15, -0.1) is 0 Å². The summed E-state index contributed by atoms with van der Waals surface area (Å²) in [5.74, 6) is 0.854. The van der Waals surface area contributed by atoms with E-state index in [1.807, 2.05) is 62.4 Å². The molecule has 0 saturated heterocycles. The molecule has 5 rings (SSSR count). The molecule has 1 aliphatic rings. The molecule has 0 fully saturated rings. The van der Waals surface area contributed by atoms with Gasteiger partial charge < -0.3 is 35.0 Å². The van der Waals surface area contributed by atoms with E-state index >= 15 is 0 Å². The Balaban J connectivity index is 1.51. The van der Waals surface area contributed by atoms with Crippen LogP contribution in [0.2, 0.25) is 0 Å². The molecule has 0 aliphatic carbocycles. The van der Waals surface area contributed by atoms with E-state index in [9.17, 15) is 15.2 Å². The highest BCUT2D eigenvalue weighted by molar-refractivity contribution is 6.62. The summed E-state index contributed by atoms with van der Waals surface area (Å²) in [6.07, 6.45) is 1.59. The molecule has 0 bridgehead atoms. The second-order valence-electron chi connectivity index (χ2n) is 10.3. The molecular weight excluding hydrogens is 485 g/mol. The number of nitrogens with zero attached hydrogens (tertiary/aromatic N) is 3. The highest BCUT2D eigenvalue weighted by Gasteiger charge is 2.40. The maximum absolute atomic E-state index is 10.3. The van der Waals surface area contributed by atoms with Gasteiger partial charge in [0.05, 0.1) is 29.5 Å². The molecule has 10 nitrogen and oxygen atoms in total. The van der Waals surface area contributed by atoms with Gasteiger partial charge in [0, 0.05) is 18.0 Å². The van der Waals surface area contributed by atoms with Gasteiger partial charge in [-0.1, -0.05) is 41.6 Å². The second-order valence-corrected chi connectivity index (χ2v) is 10.3. The van der Waals surface area contributed by atoms with Crippen molar-refractivity contribution in [1.82, 2.24) is 15.1 Å². The van der Waals surface area contributed by atoms with Crippen molar-refractivity contribution in [2.24, 2.45) is 0 Å². The molecular formula is C27H30BN5O5. The summed E-state index contributed by atoms with van der Waals surface area (Å²) in [5.41, 5.74) is 2.49. The van der Waals surface area contributed by atoms with E-state index in [0.717, 1.165) is 22.3 Å². The number of aliphatic hydroxyl groups is 2. The van der Waals surface area contributed by atoms with E-state index < -0.39 is 24.4 Å². The number of benzene rings is 2. The molecule has 0 unspecified atom stereocenters. The second kappa shape index (κ2) is 9.84. The summed E-state index contributed by atoms with van der Waals surface area (Å²) >= 11 is 0. The summed E-state index contributed by atoms with van der Waals surface area (Å²) < 4.78 is 11.1. The maximum Gasteiger partial charge on any atom is 0.492 e. The van der Waals surface area contributed by atoms with E-state index in [1.165, 1.54) is 0 Å². The zero-order valence-corrected chi connectivity index (χ0v) is 21.6. The molecule has 2 aromatic carbocycles. The van der Waals surface area contributed by atoms with Crippen LogP contribution in [0.3, 0.4) is 0 Å². The van der Waals surface area contributed by atoms with Gasteiger partial charge in [-0.3, -0.25) is 0 Å². The lowest BCUT2D eigenvalue weighted by molar-refractivity contribution is 0.0661. The predicted octanol–water partition coefficient (Wildman–Crippen LogP) is 3.20. The highest BCUT2D eigenvalue weighted by Crippen LogP contribution is 2.35. The SMILES string of the molecule is CC(C)(O)c1noc(-c2cnc(Nc3ccc4c(c3)C(C)(C)OB4O)cc2N[C@H](CO)c2ccccc2)n1. The topological polar surface area (TPSA) is 146 Å². The van der Waals surface area contributed by atoms with Crippen molar-refractivity contribution in [2.45, 2.75) is 44.9 Å². The summed E-state index contributed by atoms with van der Waals surface area (Å²) in [4.78, 5) is 8.91. The molecule has 0 spiro atoms. The Morgan fingerprint density at radius 3 is 2.55 bits per heavy atom. The average molecular weight is 515 g/mol. The van der Waals surface area contributed by atoms with Gasteiger partial charge in [0.2, 0.25) is 5.82 Å². The molecule has 5 N–H and O–H groups in total. The van der Waals surface area contributed by atoms with Crippen LogP contribution in [0.15, 0.2) is 65.3 Å².